The van der Waals surface area contributed by atoms with Gasteiger partial charge in [-0.3, -0.25) is 4.79 Å². The summed E-state index contributed by atoms with van der Waals surface area (Å²) in [6, 6.07) is 0.582. The van der Waals surface area contributed by atoms with Crippen LogP contribution in [0.1, 0.15) is 12.7 Å². The van der Waals surface area contributed by atoms with Gasteiger partial charge in [-0.15, -0.1) is 0 Å². The lowest BCUT2D eigenvalue weighted by Gasteiger charge is -2.10. The average Bonchev–Trinajstić information content (AvgIpc) is 2.54. The number of carboxylic acids is 1. The zero-order valence-corrected chi connectivity index (χ0v) is 7.56. The third-order valence-corrected chi connectivity index (χ3v) is 1.57. The largest absolute Gasteiger partial charge is 0.480 e. The Morgan fingerprint density at radius 3 is 2.86 bits per heavy atom. The van der Waals surface area contributed by atoms with Crippen molar-refractivity contribution in [2.24, 2.45) is 0 Å². The van der Waals surface area contributed by atoms with Gasteiger partial charge >= 0.3 is 5.97 Å². The first-order chi connectivity index (χ1) is 6.59. The fraction of sp³-hybridized carbons (Fsp3) is 0.375. The molecule has 1 aromatic rings. The molecule has 0 aliphatic heterocycles. The minimum Gasteiger partial charge on any atom is -0.480 e. The fourth-order valence-electron chi connectivity index (χ4n) is 0.994. The molecule has 0 aliphatic carbocycles. The van der Waals surface area contributed by atoms with E-state index in [1.807, 2.05) is 0 Å². The third kappa shape index (κ3) is 2.89. The van der Waals surface area contributed by atoms with Gasteiger partial charge in [0.05, 0.1) is 6.20 Å². The van der Waals surface area contributed by atoms with Crippen molar-refractivity contribution in [2.75, 3.05) is 0 Å². The van der Waals surface area contributed by atoms with Crippen LogP contribution < -0.4 is 5.32 Å². The molecule has 1 rings (SSSR count). The van der Waals surface area contributed by atoms with E-state index in [4.69, 9.17) is 9.63 Å². The van der Waals surface area contributed by atoms with E-state index in [-0.39, 0.29) is 6.42 Å². The van der Waals surface area contributed by atoms with Crippen molar-refractivity contribution < 1.29 is 19.2 Å². The highest BCUT2D eigenvalue weighted by molar-refractivity contribution is 5.82. The quantitative estimate of drug-likeness (QED) is 0.699. The second kappa shape index (κ2) is 4.40. The monoisotopic (exact) mass is 198 g/mol. The highest BCUT2D eigenvalue weighted by atomic mass is 16.5. The molecule has 1 unspecified atom stereocenters. The van der Waals surface area contributed by atoms with Gasteiger partial charge in [-0.2, -0.15) is 0 Å². The Kier molecular flexibility index (Phi) is 3.22. The van der Waals surface area contributed by atoms with E-state index in [2.05, 4.69) is 10.5 Å². The second-order valence-electron chi connectivity index (χ2n) is 2.77. The van der Waals surface area contributed by atoms with E-state index in [9.17, 15) is 9.59 Å². The molecule has 0 radical (unpaired) electrons. The number of hydrogen-bond donors (Lipinski definition) is 2. The number of carbonyl (C=O) groups is 2. The molecular weight excluding hydrogens is 188 g/mol. The summed E-state index contributed by atoms with van der Waals surface area (Å²) in [6.45, 7) is 1.26. The van der Waals surface area contributed by atoms with Gasteiger partial charge in [0.15, 0.2) is 0 Å². The zero-order chi connectivity index (χ0) is 10.6. The van der Waals surface area contributed by atoms with E-state index < -0.39 is 17.9 Å². The molecule has 0 aromatic carbocycles. The molecule has 0 saturated carbocycles. The second-order valence-corrected chi connectivity index (χ2v) is 2.77. The molecular formula is C8H10N2O4. The molecule has 0 spiro atoms. The van der Waals surface area contributed by atoms with Crippen molar-refractivity contribution in [3.63, 3.8) is 0 Å². The Morgan fingerprint density at radius 1 is 1.71 bits per heavy atom. The first-order valence-electron chi connectivity index (χ1n) is 3.99. The van der Waals surface area contributed by atoms with Crippen LogP contribution >= 0.6 is 0 Å². The van der Waals surface area contributed by atoms with Gasteiger partial charge in [0.25, 0.3) is 0 Å². The number of amides is 1. The summed E-state index contributed by atoms with van der Waals surface area (Å²) in [6.07, 6.45) is 1.51. The van der Waals surface area contributed by atoms with Gasteiger partial charge in [0, 0.05) is 19.4 Å². The van der Waals surface area contributed by atoms with Crippen molar-refractivity contribution in [2.45, 2.75) is 19.4 Å². The van der Waals surface area contributed by atoms with Gasteiger partial charge in [-0.05, 0) is 0 Å². The van der Waals surface area contributed by atoms with Gasteiger partial charge in [0.2, 0.25) is 5.91 Å². The maximum Gasteiger partial charge on any atom is 0.326 e. The molecule has 14 heavy (non-hydrogen) atoms. The van der Waals surface area contributed by atoms with Crippen molar-refractivity contribution >= 4 is 11.9 Å². The number of nitrogens with one attached hydrogen (secondary N) is 1. The summed E-state index contributed by atoms with van der Waals surface area (Å²) < 4.78 is 4.73. The van der Waals surface area contributed by atoms with Crippen LogP contribution in [0, 0.1) is 0 Å². The molecule has 1 aromatic heterocycles. The molecule has 0 bridgehead atoms. The first-order valence-corrected chi connectivity index (χ1v) is 3.99. The lowest BCUT2D eigenvalue weighted by molar-refractivity contribution is -0.141. The molecule has 6 nitrogen and oxygen atoms in total. The van der Waals surface area contributed by atoms with Crippen molar-refractivity contribution in [3.8, 4) is 0 Å². The Labute approximate surface area is 79.9 Å². The topological polar surface area (TPSA) is 92.4 Å². The van der Waals surface area contributed by atoms with Gasteiger partial charge < -0.3 is 14.9 Å². The molecule has 6 heteroatoms. The number of carbonyl (C=O) groups excluding carboxylic acids is 1. The molecule has 0 aliphatic rings. The molecule has 2 N–H and O–H groups in total. The summed E-state index contributed by atoms with van der Waals surface area (Å²) >= 11 is 0. The van der Waals surface area contributed by atoms with Crippen LogP contribution in [0.4, 0.5) is 0 Å². The fourth-order valence-corrected chi connectivity index (χ4v) is 0.994. The molecule has 76 valence electrons. The Hall–Kier alpha value is -1.85. The number of carboxylic acid groups (broad SMARTS) is 1. The molecule has 1 amide bonds. The highest BCUT2D eigenvalue weighted by Crippen LogP contribution is 2.02. The van der Waals surface area contributed by atoms with Gasteiger partial charge in [-0.1, -0.05) is 5.16 Å². The van der Waals surface area contributed by atoms with Crippen LogP contribution in [0.5, 0.6) is 0 Å². The zero-order valence-electron chi connectivity index (χ0n) is 7.56. The Bertz CT molecular complexity index is 320. The molecule has 0 saturated heterocycles. The van der Waals surface area contributed by atoms with Crippen LogP contribution in [-0.4, -0.2) is 28.2 Å². The van der Waals surface area contributed by atoms with E-state index in [1.165, 1.54) is 13.1 Å². The number of rotatable bonds is 4. The minimum atomic E-state index is -1.10. The van der Waals surface area contributed by atoms with Crippen molar-refractivity contribution in [1.29, 1.82) is 0 Å². The van der Waals surface area contributed by atoms with E-state index in [0.717, 1.165) is 0 Å². The lowest BCUT2D eigenvalue weighted by Crippen LogP contribution is -2.41. The smallest absolute Gasteiger partial charge is 0.326 e. The standard InChI is InChI=1S/C8H10N2O4/c1-5(11)10-7(8(12)13)4-6-2-3-9-14-6/h2-3,7H,4H2,1H3,(H,10,11)(H,12,13). The Morgan fingerprint density at radius 2 is 2.43 bits per heavy atom. The normalized spacial score (nSPS) is 12.1. The summed E-state index contributed by atoms with van der Waals surface area (Å²) in [5, 5.41) is 14.5. The summed E-state index contributed by atoms with van der Waals surface area (Å²) in [7, 11) is 0. The number of hydrogen-bond acceptors (Lipinski definition) is 4. The predicted octanol–water partition coefficient (Wildman–Crippen LogP) is -0.194. The highest BCUT2D eigenvalue weighted by Gasteiger charge is 2.20. The van der Waals surface area contributed by atoms with Crippen molar-refractivity contribution in [1.82, 2.24) is 10.5 Å². The minimum absolute atomic E-state index is 0.0922. The molecule has 1 atom stereocenters. The van der Waals surface area contributed by atoms with Gasteiger partial charge in [0.1, 0.15) is 11.8 Å². The summed E-state index contributed by atoms with van der Waals surface area (Å²) in [5.74, 6) is -1.07. The predicted molar refractivity (Wildman–Crippen MR) is 45.4 cm³/mol. The lowest BCUT2D eigenvalue weighted by atomic mass is 10.1. The Balaban J connectivity index is 2.60. The number of aromatic nitrogens is 1. The molecule has 1 heterocycles. The SMILES string of the molecule is CC(=O)NC(Cc1ccno1)C(=O)O. The van der Waals surface area contributed by atoms with Crippen LogP contribution in [0.3, 0.4) is 0 Å². The average molecular weight is 198 g/mol. The number of nitrogens with zero attached hydrogens (tertiary/aromatic N) is 1. The van der Waals surface area contributed by atoms with Crippen LogP contribution in [0.2, 0.25) is 0 Å². The van der Waals surface area contributed by atoms with Crippen LogP contribution in [-0.2, 0) is 16.0 Å². The molecule has 0 fully saturated rings. The van der Waals surface area contributed by atoms with E-state index in [1.54, 1.807) is 6.07 Å². The number of aliphatic carboxylic acids is 1. The first kappa shape index (κ1) is 10.2. The third-order valence-electron chi connectivity index (χ3n) is 1.57. The van der Waals surface area contributed by atoms with Crippen LogP contribution in [0.15, 0.2) is 16.8 Å². The van der Waals surface area contributed by atoms with Gasteiger partial charge in [-0.25, -0.2) is 4.79 Å². The summed E-state index contributed by atoms with van der Waals surface area (Å²) in [5.41, 5.74) is 0. The van der Waals surface area contributed by atoms with E-state index in [0.29, 0.717) is 5.76 Å². The van der Waals surface area contributed by atoms with Crippen molar-refractivity contribution in [3.05, 3.63) is 18.0 Å². The maximum absolute atomic E-state index is 10.7. The summed E-state index contributed by atoms with van der Waals surface area (Å²) in [4.78, 5) is 21.4. The van der Waals surface area contributed by atoms with Crippen LogP contribution in [0.25, 0.3) is 0 Å². The van der Waals surface area contributed by atoms with E-state index >= 15 is 0 Å². The maximum atomic E-state index is 10.7.